The highest BCUT2D eigenvalue weighted by atomic mass is 79.9. The molecule has 94 valence electrons. The summed E-state index contributed by atoms with van der Waals surface area (Å²) in [6.07, 6.45) is 1.69. The van der Waals surface area contributed by atoms with Crippen LogP contribution in [0.1, 0.15) is 16.1 Å². The predicted molar refractivity (Wildman–Crippen MR) is 70.0 cm³/mol. The van der Waals surface area contributed by atoms with Crippen molar-refractivity contribution in [2.24, 2.45) is 7.05 Å². The largest absolute Gasteiger partial charge is 0.319 e. The lowest BCUT2D eigenvalue weighted by molar-refractivity contribution is 0.102. The maximum absolute atomic E-state index is 13.3. The van der Waals surface area contributed by atoms with Crippen molar-refractivity contribution in [1.29, 1.82) is 0 Å². The van der Waals surface area contributed by atoms with E-state index in [1.54, 1.807) is 30.9 Å². The number of aryl methyl sites for hydroxylation is 2. The molecule has 1 amide bonds. The van der Waals surface area contributed by atoms with Crippen molar-refractivity contribution in [3.05, 3.63) is 45.9 Å². The number of hydrogen-bond donors (Lipinski definition) is 1. The first kappa shape index (κ1) is 12.8. The Labute approximate surface area is 112 Å². The Bertz CT molecular complexity index is 609. The molecule has 1 aromatic heterocycles. The summed E-state index contributed by atoms with van der Waals surface area (Å²) in [6, 6.07) is 4.33. The van der Waals surface area contributed by atoms with Crippen LogP contribution in [0.15, 0.2) is 28.9 Å². The number of rotatable bonds is 2. The summed E-state index contributed by atoms with van der Waals surface area (Å²) in [5, 5.41) is 6.81. The number of anilines is 1. The van der Waals surface area contributed by atoms with E-state index in [2.05, 4.69) is 26.3 Å². The van der Waals surface area contributed by atoms with E-state index in [0.29, 0.717) is 11.4 Å². The topological polar surface area (TPSA) is 46.9 Å². The third-order valence-electron chi connectivity index (χ3n) is 2.46. The number of nitrogens with zero attached hydrogens (tertiary/aromatic N) is 2. The molecular weight excluding hydrogens is 301 g/mol. The normalized spacial score (nSPS) is 10.4. The van der Waals surface area contributed by atoms with Gasteiger partial charge in [-0.2, -0.15) is 5.10 Å². The summed E-state index contributed by atoms with van der Waals surface area (Å²) in [5.41, 5.74) is 1.57. The van der Waals surface area contributed by atoms with Gasteiger partial charge in [0.15, 0.2) is 0 Å². The minimum absolute atomic E-state index is 0.157. The molecule has 1 N–H and O–H groups in total. The van der Waals surface area contributed by atoms with E-state index >= 15 is 0 Å². The maximum Gasteiger partial charge on any atom is 0.257 e. The van der Waals surface area contributed by atoms with E-state index in [-0.39, 0.29) is 15.9 Å². The number of halogens is 2. The van der Waals surface area contributed by atoms with Crippen molar-refractivity contribution in [2.45, 2.75) is 6.92 Å². The lowest BCUT2D eigenvalue weighted by Crippen LogP contribution is -2.13. The molecular formula is C12H11BrFN3O. The molecule has 0 bridgehead atoms. The molecule has 1 heterocycles. The highest BCUT2D eigenvalue weighted by Gasteiger charge is 2.14. The summed E-state index contributed by atoms with van der Waals surface area (Å²) in [5.74, 6) is -0.844. The molecule has 1 aromatic carbocycles. The van der Waals surface area contributed by atoms with Crippen LogP contribution in [-0.2, 0) is 7.05 Å². The summed E-state index contributed by atoms with van der Waals surface area (Å²) >= 11 is 3.06. The second-order valence-corrected chi connectivity index (χ2v) is 4.65. The zero-order valence-corrected chi connectivity index (χ0v) is 11.5. The number of benzene rings is 1. The maximum atomic E-state index is 13.3. The van der Waals surface area contributed by atoms with Gasteiger partial charge in [-0.3, -0.25) is 9.48 Å². The number of aromatic nitrogens is 2. The fourth-order valence-electron chi connectivity index (χ4n) is 1.59. The van der Waals surface area contributed by atoms with Gasteiger partial charge >= 0.3 is 0 Å². The van der Waals surface area contributed by atoms with Crippen LogP contribution in [0, 0.1) is 12.7 Å². The number of hydrogen-bond acceptors (Lipinski definition) is 2. The molecule has 0 radical (unpaired) electrons. The fraction of sp³-hybridized carbons (Fsp3) is 0.167. The summed E-state index contributed by atoms with van der Waals surface area (Å²) in [7, 11) is 1.76. The van der Waals surface area contributed by atoms with Gasteiger partial charge < -0.3 is 5.32 Å². The Kier molecular flexibility index (Phi) is 3.47. The smallest absolute Gasteiger partial charge is 0.257 e. The average Bonchev–Trinajstić information content (AvgIpc) is 2.61. The van der Waals surface area contributed by atoms with Crippen LogP contribution in [0.5, 0.6) is 0 Å². The van der Waals surface area contributed by atoms with Gasteiger partial charge in [-0.15, -0.1) is 0 Å². The number of nitrogens with one attached hydrogen (secondary N) is 1. The van der Waals surface area contributed by atoms with Gasteiger partial charge in [0.2, 0.25) is 0 Å². The van der Waals surface area contributed by atoms with E-state index in [1.165, 1.54) is 12.1 Å². The molecule has 0 unspecified atom stereocenters. The third-order valence-corrected chi connectivity index (χ3v) is 3.26. The molecule has 18 heavy (non-hydrogen) atoms. The highest BCUT2D eigenvalue weighted by molar-refractivity contribution is 9.10. The van der Waals surface area contributed by atoms with Crippen LogP contribution >= 0.6 is 15.9 Å². The van der Waals surface area contributed by atoms with Gasteiger partial charge in [0, 0.05) is 13.2 Å². The second kappa shape index (κ2) is 4.89. The van der Waals surface area contributed by atoms with Gasteiger partial charge in [0.05, 0.1) is 21.4 Å². The quantitative estimate of drug-likeness (QED) is 0.927. The molecule has 0 spiro atoms. The van der Waals surface area contributed by atoms with Crippen LogP contribution in [0.25, 0.3) is 0 Å². The molecule has 2 aromatic rings. The monoisotopic (exact) mass is 311 g/mol. The molecule has 2 rings (SSSR count). The van der Waals surface area contributed by atoms with Crippen LogP contribution in [0.2, 0.25) is 0 Å². The molecule has 0 saturated heterocycles. The molecule has 4 nitrogen and oxygen atoms in total. The molecule has 0 fully saturated rings. The fourth-order valence-corrected chi connectivity index (χ4v) is 2.04. The Morgan fingerprint density at radius 2 is 2.22 bits per heavy atom. The summed E-state index contributed by atoms with van der Waals surface area (Å²) in [6.45, 7) is 1.79. The third kappa shape index (κ3) is 2.43. The molecule has 0 aliphatic carbocycles. The Hall–Kier alpha value is -1.69. The zero-order chi connectivity index (χ0) is 13.3. The predicted octanol–water partition coefficient (Wildman–Crippen LogP) is 2.88. The Morgan fingerprint density at radius 3 is 2.83 bits per heavy atom. The van der Waals surface area contributed by atoms with Crippen LogP contribution < -0.4 is 5.32 Å². The first-order valence-electron chi connectivity index (χ1n) is 5.24. The molecule has 0 saturated carbocycles. The van der Waals surface area contributed by atoms with Gasteiger partial charge in [-0.1, -0.05) is 6.07 Å². The SMILES string of the molecule is Cc1nn(C)cc1NC(=O)c1cccc(F)c1Br. The molecule has 0 aliphatic rings. The Morgan fingerprint density at radius 1 is 1.50 bits per heavy atom. The van der Waals surface area contributed by atoms with Crippen molar-refractivity contribution in [3.63, 3.8) is 0 Å². The van der Waals surface area contributed by atoms with E-state index in [9.17, 15) is 9.18 Å². The minimum atomic E-state index is -0.467. The van der Waals surface area contributed by atoms with Crippen molar-refractivity contribution in [3.8, 4) is 0 Å². The van der Waals surface area contributed by atoms with E-state index in [1.807, 2.05) is 0 Å². The lowest BCUT2D eigenvalue weighted by Gasteiger charge is -2.06. The van der Waals surface area contributed by atoms with E-state index in [4.69, 9.17) is 0 Å². The molecule has 0 atom stereocenters. The van der Waals surface area contributed by atoms with E-state index < -0.39 is 5.82 Å². The molecule has 0 aliphatic heterocycles. The summed E-state index contributed by atoms with van der Waals surface area (Å²) in [4.78, 5) is 12.0. The zero-order valence-electron chi connectivity index (χ0n) is 9.87. The first-order chi connectivity index (χ1) is 8.49. The van der Waals surface area contributed by atoms with Gasteiger partial charge in [-0.05, 0) is 35.0 Å². The van der Waals surface area contributed by atoms with Crippen LogP contribution in [0.3, 0.4) is 0 Å². The van der Waals surface area contributed by atoms with Crippen molar-refractivity contribution in [1.82, 2.24) is 9.78 Å². The standard InChI is InChI=1S/C12H11BrFN3O/c1-7-10(6-17(2)16-7)15-12(18)8-4-3-5-9(14)11(8)13/h3-6H,1-2H3,(H,15,18). The second-order valence-electron chi connectivity index (χ2n) is 3.86. The number of carbonyl (C=O) groups is 1. The Balaban J connectivity index is 2.27. The summed E-state index contributed by atoms with van der Waals surface area (Å²) < 4.78 is 15.1. The van der Waals surface area contributed by atoms with E-state index in [0.717, 1.165) is 0 Å². The lowest BCUT2D eigenvalue weighted by atomic mass is 10.2. The minimum Gasteiger partial charge on any atom is -0.319 e. The first-order valence-corrected chi connectivity index (χ1v) is 6.04. The van der Waals surface area contributed by atoms with Crippen molar-refractivity contribution < 1.29 is 9.18 Å². The molecule has 6 heteroatoms. The number of amides is 1. The number of carbonyl (C=O) groups excluding carboxylic acids is 1. The van der Waals surface area contributed by atoms with Crippen molar-refractivity contribution in [2.75, 3.05) is 5.32 Å². The van der Waals surface area contributed by atoms with Crippen LogP contribution in [-0.4, -0.2) is 15.7 Å². The van der Waals surface area contributed by atoms with Gasteiger partial charge in [0.1, 0.15) is 5.82 Å². The highest BCUT2D eigenvalue weighted by Crippen LogP contribution is 2.22. The van der Waals surface area contributed by atoms with Crippen molar-refractivity contribution >= 4 is 27.5 Å². The van der Waals surface area contributed by atoms with Gasteiger partial charge in [-0.25, -0.2) is 4.39 Å². The van der Waals surface area contributed by atoms with Gasteiger partial charge in [0.25, 0.3) is 5.91 Å². The average molecular weight is 312 g/mol. The van der Waals surface area contributed by atoms with Crippen LogP contribution in [0.4, 0.5) is 10.1 Å².